The predicted molar refractivity (Wildman–Crippen MR) is 75.8 cm³/mol. The van der Waals surface area contributed by atoms with E-state index in [2.05, 4.69) is 25.9 Å². The molecule has 0 atom stereocenters. The van der Waals surface area contributed by atoms with Crippen molar-refractivity contribution >= 4 is 33.3 Å². The summed E-state index contributed by atoms with van der Waals surface area (Å²) in [4.78, 5) is 20.0. The maximum absolute atomic E-state index is 12.1. The summed E-state index contributed by atoms with van der Waals surface area (Å²) in [5, 5.41) is 0.506. The molecule has 1 aromatic carbocycles. The van der Waals surface area contributed by atoms with E-state index < -0.39 is 0 Å². The summed E-state index contributed by atoms with van der Waals surface area (Å²) in [6.45, 7) is 0. The van der Waals surface area contributed by atoms with E-state index >= 15 is 0 Å². The second-order valence-corrected chi connectivity index (χ2v) is 5.04. The molecule has 0 saturated heterocycles. The first-order chi connectivity index (χ1) is 9.10. The van der Waals surface area contributed by atoms with Crippen LogP contribution in [0.5, 0.6) is 5.88 Å². The fourth-order valence-corrected chi connectivity index (χ4v) is 1.95. The molecule has 2 rings (SSSR count). The van der Waals surface area contributed by atoms with Gasteiger partial charge in [0.25, 0.3) is 0 Å². The molecule has 0 aliphatic rings. The molecule has 2 aromatic rings. The molecular formula is C13H10BrClN2O2. The largest absolute Gasteiger partial charge is 0.481 e. The molecule has 1 heterocycles. The number of halogens is 2. The van der Waals surface area contributed by atoms with Crippen molar-refractivity contribution in [2.75, 3.05) is 7.11 Å². The van der Waals surface area contributed by atoms with Crippen molar-refractivity contribution < 1.29 is 9.53 Å². The van der Waals surface area contributed by atoms with Gasteiger partial charge in [-0.05, 0) is 28.1 Å². The van der Waals surface area contributed by atoms with E-state index in [-0.39, 0.29) is 12.2 Å². The Morgan fingerprint density at radius 1 is 1.37 bits per heavy atom. The van der Waals surface area contributed by atoms with Crippen molar-refractivity contribution in [1.82, 2.24) is 9.97 Å². The zero-order valence-corrected chi connectivity index (χ0v) is 12.4. The SMILES string of the molecule is COc1cc(CC(=O)c2ccc(Br)c(Cl)c2)ncn1. The first-order valence-electron chi connectivity index (χ1n) is 5.43. The van der Waals surface area contributed by atoms with Crippen LogP contribution < -0.4 is 4.74 Å². The predicted octanol–water partition coefficient (Wildman–Crippen LogP) is 3.33. The Morgan fingerprint density at radius 2 is 2.16 bits per heavy atom. The van der Waals surface area contributed by atoms with Gasteiger partial charge in [0.2, 0.25) is 5.88 Å². The molecule has 0 saturated carbocycles. The number of carbonyl (C=O) groups is 1. The van der Waals surface area contributed by atoms with Gasteiger partial charge in [0.05, 0.1) is 24.2 Å². The minimum Gasteiger partial charge on any atom is -0.481 e. The number of aromatic nitrogens is 2. The first-order valence-corrected chi connectivity index (χ1v) is 6.60. The van der Waals surface area contributed by atoms with Crippen molar-refractivity contribution in [1.29, 1.82) is 0 Å². The molecule has 98 valence electrons. The van der Waals surface area contributed by atoms with Crippen LogP contribution >= 0.6 is 27.5 Å². The van der Waals surface area contributed by atoms with Crippen molar-refractivity contribution in [3.63, 3.8) is 0 Å². The van der Waals surface area contributed by atoms with E-state index in [1.54, 1.807) is 24.3 Å². The molecule has 0 spiro atoms. The highest BCUT2D eigenvalue weighted by molar-refractivity contribution is 9.10. The second kappa shape index (κ2) is 6.12. The molecule has 0 amide bonds. The fraction of sp³-hybridized carbons (Fsp3) is 0.154. The number of rotatable bonds is 4. The van der Waals surface area contributed by atoms with E-state index in [0.29, 0.717) is 22.2 Å². The number of benzene rings is 1. The number of carbonyl (C=O) groups excluding carboxylic acids is 1. The van der Waals surface area contributed by atoms with Gasteiger partial charge in [-0.3, -0.25) is 4.79 Å². The molecule has 0 radical (unpaired) electrons. The van der Waals surface area contributed by atoms with Gasteiger partial charge in [0.15, 0.2) is 5.78 Å². The molecule has 0 unspecified atom stereocenters. The number of hydrogen-bond acceptors (Lipinski definition) is 4. The highest BCUT2D eigenvalue weighted by Crippen LogP contribution is 2.23. The quantitative estimate of drug-likeness (QED) is 0.801. The Hall–Kier alpha value is -1.46. The number of hydrogen-bond donors (Lipinski definition) is 0. The van der Waals surface area contributed by atoms with E-state index in [1.165, 1.54) is 13.4 Å². The summed E-state index contributed by atoms with van der Waals surface area (Å²) in [5.41, 5.74) is 1.15. The maximum Gasteiger partial charge on any atom is 0.216 e. The average molecular weight is 342 g/mol. The Bertz CT molecular complexity index is 619. The highest BCUT2D eigenvalue weighted by atomic mass is 79.9. The van der Waals surface area contributed by atoms with Crippen LogP contribution in [0.15, 0.2) is 35.1 Å². The first kappa shape index (κ1) is 14.0. The smallest absolute Gasteiger partial charge is 0.216 e. The van der Waals surface area contributed by atoms with Crippen molar-refractivity contribution in [3.8, 4) is 5.88 Å². The van der Waals surface area contributed by atoms with Gasteiger partial charge in [-0.25, -0.2) is 9.97 Å². The van der Waals surface area contributed by atoms with E-state index in [4.69, 9.17) is 16.3 Å². The lowest BCUT2D eigenvalue weighted by molar-refractivity contribution is 0.0992. The average Bonchev–Trinajstić information content (AvgIpc) is 2.42. The van der Waals surface area contributed by atoms with Gasteiger partial charge >= 0.3 is 0 Å². The minimum absolute atomic E-state index is 0.0600. The Kier molecular flexibility index (Phi) is 4.50. The third-order valence-electron chi connectivity index (χ3n) is 2.49. The molecular weight excluding hydrogens is 332 g/mol. The van der Waals surface area contributed by atoms with Gasteiger partial charge in [-0.2, -0.15) is 0 Å². The summed E-state index contributed by atoms with van der Waals surface area (Å²) < 4.78 is 5.75. The summed E-state index contributed by atoms with van der Waals surface area (Å²) in [6.07, 6.45) is 1.55. The highest BCUT2D eigenvalue weighted by Gasteiger charge is 2.10. The fourth-order valence-electron chi connectivity index (χ4n) is 1.52. The van der Waals surface area contributed by atoms with Crippen molar-refractivity contribution in [2.45, 2.75) is 6.42 Å². The number of nitrogens with zero attached hydrogens (tertiary/aromatic N) is 2. The summed E-state index contributed by atoms with van der Waals surface area (Å²) in [7, 11) is 1.52. The third kappa shape index (κ3) is 3.52. The number of ketones is 1. The topological polar surface area (TPSA) is 52.1 Å². The Balaban J connectivity index is 2.18. The normalized spacial score (nSPS) is 10.3. The molecule has 6 heteroatoms. The Morgan fingerprint density at radius 3 is 2.84 bits per heavy atom. The number of methoxy groups -OCH3 is 1. The summed E-state index contributed by atoms with van der Waals surface area (Å²) in [5.74, 6) is 0.377. The molecule has 0 aliphatic heterocycles. The Labute approximate surface area is 123 Å². The van der Waals surface area contributed by atoms with Gasteiger partial charge in [-0.15, -0.1) is 0 Å². The molecule has 4 nitrogen and oxygen atoms in total. The second-order valence-electron chi connectivity index (χ2n) is 3.78. The van der Waals surface area contributed by atoms with Crippen LogP contribution in [0.2, 0.25) is 5.02 Å². The van der Waals surface area contributed by atoms with Gasteiger partial charge in [0.1, 0.15) is 6.33 Å². The minimum atomic E-state index is -0.0600. The molecule has 0 N–H and O–H groups in total. The van der Waals surface area contributed by atoms with Crippen molar-refractivity contribution in [3.05, 3.63) is 51.3 Å². The summed E-state index contributed by atoms with van der Waals surface area (Å²) >= 11 is 9.25. The van der Waals surface area contributed by atoms with E-state index in [9.17, 15) is 4.79 Å². The lowest BCUT2D eigenvalue weighted by Gasteiger charge is -2.04. The van der Waals surface area contributed by atoms with Crippen LogP contribution in [0.3, 0.4) is 0 Å². The van der Waals surface area contributed by atoms with Gasteiger partial charge in [-0.1, -0.05) is 17.7 Å². The van der Waals surface area contributed by atoms with Crippen molar-refractivity contribution in [2.24, 2.45) is 0 Å². The lowest BCUT2D eigenvalue weighted by Crippen LogP contribution is -2.05. The number of Topliss-reactive ketones (excluding diaryl/α,β-unsaturated/α-hetero) is 1. The van der Waals surface area contributed by atoms with Crippen LogP contribution in [0, 0.1) is 0 Å². The van der Waals surface area contributed by atoms with Crippen LogP contribution in [-0.2, 0) is 6.42 Å². The van der Waals surface area contributed by atoms with Gasteiger partial charge < -0.3 is 4.74 Å². The van der Waals surface area contributed by atoms with Crippen LogP contribution in [0.25, 0.3) is 0 Å². The zero-order valence-electron chi connectivity index (χ0n) is 10.1. The molecule has 0 bridgehead atoms. The molecule has 1 aromatic heterocycles. The zero-order chi connectivity index (χ0) is 13.8. The maximum atomic E-state index is 12.1. The monoisotopic (exact) mass is 340 g/mol. The van der Waals surface area contributed by atoms with Gasteiger partial charge in [0, 0.05) is 16.1 Å². The lowest BCUT2D eigenvalue weighted by atomic mass is 10.1. The van der Waals surface area contributed by atoms with E-state index in [0.717, 1.165) is 4.47 Å². The van der Waals surface area contributed by atoms with Crippen LogP contribution in [0.4, 0.5) is 0 Å². The number of ether oxygens (including phenoxy) is 1. The van der Waals surface area contributed by atoms with E-state index in [1.807, 2.05) is 0 Å². The third-order valence-corrected chi connectivity index (χ3v) is 3.72. The summed E-state index contributed by atoms with van der Waals surface area (Å²) in [6, 6.07) is 6.73. The van der Waals surface area contributed by atoms with Crippen LogP contribution in [-0.4, -0.2) is 22.9 Å². The van der Waals surface area contributed by atoms with Crippen LogP contribution in [0.1, 0.15) is 16.1 Å². The molecule has 0 aliphatic carbocycles. The molecule has 0 fully saturated rings. The standard InChI is InChI=1S/C13H10BrClN2O2/c1-19-13-6-9(16-7-17-13)5-12(18)8-2-3-10(14)11(15)4-8/h2-4,6-7H,5H2,1H3. The molecule has 19 heavy (non-hydrogen) atoms.